The van der Waals surface area contributed by atoms with E-state index >= 15 is 0 Å². The minimum absolute atomic E-state index is 0.502. The lowest BCUT2D eigenvalue weighted by Crippen LogP contribution is -2.41. The number of thiophene rings is 1. The zero-order valence-electron chi connectivity index (χ0n) is 12.5. The average Bonchev–Trinajstić information content (AvgIpc) is 2.94. The topological polar surface area (TPSA) is 12.0 Å². The van der Waals surface area contributed by atoms with Gasteiger partial charge in [0.15, 0.2) is 0 Å². The summed E-state index contributed by atoms with van der Waals surface area (Å²) in [5.74, 6) is 0. The van der Waals surface area contributed by atoms with Crippen LogP contribution in [0.5, 0.6) is 0 Å². The molecule has 0 spiro atoms. The summed E-state index contributed by atoms with van der Waals surface area (Å²) in [4.78, 5) is 0. The summed E-state index contributed by atoms with van der Waals surface area (Å²) in [7, 11) is 0. The predicted octanol–water partition coefficient (Wildman–Crippen LogP) is 5.33. The van der Waals surface area contributed by atoms with Gasteiger partial charge in [0.05, 0.1) is 4.21 Å². The van der Waals surface area contributed by atoms with Crippen LogP contribution in [0.1, 0.15) is 57.1 Å². The summed E-state index contributed by atoms with van der Waals surface area (Å²) in [5.41, 5.74) is 1.56. The van der Waals surface area contributed by atoms with Crippen LogP contribution < -0.4 is 5.32 Å². The molecule has 1 saturated carbocycles. The van der Waals surface area contributed by atoms with Gasteiger partial charge in [0.25, 0.3) is 0 Å². The second-order valence-electron chi connectivity index (χ2n) is 6.21. The van der Waals surface area contributed by atoms with Crippen molar-refractivity contribution < 1.29 is 0 Å². The molecule has 4 heteroatoms. The molecular weight excluding hydrogens is 302 g/mol. The fourth-order valence-corrected chi connectivity index (χ4v) is 6.99. The summed E-state index contributed by atoms with van der Waals surface area (Å²) in [6.45, 7) is 3.55. The van der Waals surface area contributed by atoms with E-state index < -0.39 is 0 Å². The minimum Gasteiger partial charge on any atom is -0.308 e. The molecule has 2 atom stereocenters. The highest BCUT2D eigenvalue weighted by atomic mass is 32.2. The molecule has 20 heavy (non-hydrogen) atoms. The molecular formula is C16H25NS3. The Morgan fingerprint density at radius 2 is 2.15 bits per heavy atom. The molecule has 1 nitrogen and oxygen atoms in total. The quantitative estimate of drug-likeness (QED) is 0.803. The Hall–Kier alpha value is 0.360. The molecule has 0 amide bonds. The number of thioether (sulfide) groups is 2. The van der Waals surface area contributed by atoms with Gasteiger partial charge in [0.2, 0.25) is 0 Å². The first-order valence-electron chi connectivity index (χ1n) is 7.75. The van der Waals surface area contributed by atoms with Crippen LogP contribution in [0.3, 0.4) is 0 Å². The van der Waals surface area contributed by atoms with E-state index in [0.29, 0.717) is 10.8 Å². The molecule has 1 aliphatic carbocycles. The normalized spacial score (nSPS) is 29.1. The Balaban J connectivity index is 1.66. The molecule has 1 aromatic rings. The summed E-state index contributed by atoms with van der Waals surface area (Å²) < 4.78 is 2.05. The zero-order valence-corrected chi connectivity index (χ0v) is 14.9. The lowest BCUT2D eigenvalue weighted by molar-refractivity contribution is 0.355. The van der Waals surface area contributed by atoms with Crippen LogP contribution in [0, 0.1) is 0 Å². The highest BCUT2D eigenvalue weighted by Crippen LogP contribution is 2.44. The largest absolute Gasteiger partial charge is 0.308 e. The third kappa shape index (κ3) is 3.23. The molecule has 2 heterocycles. The van der Waals surface area contributed by atoms with E-state index in [0.717, 1.165) is 5.25 Å². The molecule has 1 aliphatic heterocycles. The van der Waals surface area contributed by atoms with Gasteiger partial charge in [-0.3, -0.25) is 0 Å². The highest BCUT2D eigenvalue weighted by Gasteiger charge is 2.33. The SMILES string of the molecule is CSC1(CNC2C[C@H](C)Sc3sccc32)CCCCC1. The molecule has 112 valence electrons. The zero-order chi connectivity index (χ0) is 14.0. The van der Waals surface area contributed by atoms with Crippen LogP contribution in [-0.4, -0.2) is 22.8 Å². The van der Waals surface area contributed by atoms with Crippen molar-refractivity contribution >= 4 is 34.9 Å². The minimum atomic E-state index is 0.502. The standard InChI is InChI=1S/C16H25NS3/c1-12-10-14(13-6-9-19-15(13)20-12)17-11-16(18-2)7-4-3-5-8-16/h6,9,12,14,17H,3-5,7-8,10-11H2,1-2H3/t12-,14?/m0/s1. The summed E-state index contributed by atoms with van der Waals surface area (Å²) in [5, 5.41) is 6.93. The van der Waals surface area contributed by atoms with Gasteiger partial charge in [0, 0.05) is 22.6 Å². The number of rotatable bonds is 4. The summed E-state index contributed by atoms with van der Waals surface area (Å²) >= 11 is 6.08. The molecule has 0 bridgehead atoms. The van der Waals surface area contributed by atoms with Gasteiger partial charge in [-0.15, -0.1) is 23.1 Å². The Morgan fingerprint density at radius 3 is 2.90 bits per heavy atom. The van der Waals surface area contributed by atoms with Crippen LogP contribution in [0.25, 0.3) is 0 Å². The fraction of sp³-hybridized carbons (Fsp3) is 0.750. The van der Waals surface area contributed by atoms with Crippen molar-refractivity contribution in [2.45, 2.75) is 65.7 Å². The molecule has 1 aromatic heterocycles. The van der Waals surface area contributed by atoms with Crippen molar-refractivity contribution in [1.82, 2.24) is 5.32 Å². The number of hydrogen-bond acceptors (Lipinski definition) is 4. The molecule has 1 unspecified atom stereocenters. The van der Waals surface area contributed by atoms with E-state index in [2.05, 4.69) is 53.5 Å². The van der Waals surface area contributed by atoms with Crippen molar-refractivity contribution in [2.24, 2.45) is 0 Å². The van der Waals surface area contributed by atoms with Gasteiger partial charge in [0.1, 0.15) is 0 Å². The number of fused-ring (bicyclic) bond motifs is 1. The molecule has 0 saturated heterocycles. The predicted molar refractivity (Wildman–Crippen MR) is 94.3 cm³/mol. The monoisotopic (exact) mass is 327 g/mol. The van der Waals surface area contributed by atoms with Crippen molar-refractivity contribution in [2.75, 3.05) is 12.8 Å². The molecule has 1 N–H and O–H groups in total. The molecule has 3 rings (SSSR count). The second-order valence-corrected chi connectivity index (χ2v) is 10.1. The molecule has 0 radical (unpaired) electrons. The van der Waals surface area contributed by atoms with Crippen LogP contribution >= 0.6 is 34.9 Å². The Morgan fingerprint density at radius 1 is 1.35 bits per heavy atom. The van der Waals surface area contributed by atoms with Gasteiger partial charge < -0.3 is 5.32 Å². The first-order valence-corrected chi connectivity index (χ1v) is 10.7. The Labute approximate surface area is 135 Å². The third-order valence-electron chi connectivity index (χ3n) is 4.78. The maximum Gasteiger partial charge on any atom is 0.0649 e. The van der Waals surface area contributed by atoms with Gasteiger partial charge in [-0.2, -0.15) is 11.8 Å². The van der Waals surface area contributed by atoms with Gasteiger partial charge in [-0.05, 0) is 42.5 Å². The Kier molecular flexibility index (Phi) is 5.06. The lowest BCUT2D eigenvalue weighted by Gasteiger charge is -2.38. The third-order valence-corrected chi connectivity index (χ3v) is 8.54. The van der Waals surface area contributed by atoms with Crippen LogP contribution in [0.15, 0.2) is 15.7 Å². The van der Waals surface area contributed by atoms with E-state index in [9.17, 15) is 0 Å². The summed E-state index contributed by atoms with van der Waals surface area (Å²) in [6.07, 6.45) is 10.7. The smallest absolute Gasteiger partial charge is 0.0649 e. The van der Waals surface area contributed by atoms with Gasteiger partial charge in [-0.25, -0.2) is 0 Å². The van der Waals surface area contributed by atoms with E-state index in [-0.39, 0.29) is 0 Å². The van der Waals surface area contributed by atoms with Gasteiger partial charge in [-0.1, -0.05) is 26.2 Å². The van der Waals surface area contributed by atoms with Crippen LogP contribution in [0.2, 0.25) is 0 Å². The maximum atomic E-state index is 3.93. The van der Waals surface area contributed by atoms with E-state index in [4.69, 9.17) is 0 Å². The highest BCUT2D eigenvalue weighted by molar-refractivity contribution is 8.01. The van der Waals surface area contributed by atoms with Crippen molar-refractivity contribution in [3.63, 3.8) is 0 Å². The second kappa shape index (κ2) is 6.64. The van der Waals surface area contributed by atoms with E-state index in [1.807, 2.05) is 11.3 Å². The summed E-state index contributed by atoms with van der Waals surface area (Å²) in [6, 6.07) is 2.92. The van der Waals surface area contributed by atoms with Gasteiger partial charge >= 0.3 is 0 Å². The van der Waals surface area contributed by atoms with E-state index in [1.165, 1.54) is 45.1 Å². The lowest BCUT2D eigenvalue weighted by atomic mass is 9.87. The van der Waals surface area contributed by atoms with Crippen LogP contribution in [0.4, 0.5) is 0 Å². The number of hydrogen-bond donors (Lipinski definition) is 1. The van der Waals surface area contributed by atoms with Crippen molar-refractivity contribution in [3.05, 3.63) is 17.0 Å². The average molecular weight is 328 g/mol. The Bertz CT molecular complexity index is 437. The van der Waals surface area contributed by atoms with Crippen LogP contribution in [-0.2, 0) is 0 Å². The molecule has 0 aromatic carbocycles. The first kappa shape index (κ1) is 15.3. The molecule has 1 fully saturated rings. The molecule has 2 aliphatic rings. The first-order chi connectivity index (χ1) is 9.72. The van der Waals surface area contributed by atoms with Crippen molar-refractivity contribution in [1.29, 1.82) is 0 Å². The fourth-order valence-electron chi connectivity index (χ4n) is 3.50. The number of nitrogens with one attached hydrogen (secondary N) is 1. The van der Waals surface area contributed by atoms with Crippen molar-refractivity contribution in [3.8, 4) is 0 Å². The van der Waals surface area contributed by atoms with E-state index in [1.54, 1.807) is 9.77 Å². The maximum absolute atomic E-state index is 3.93.